The van der Waals surface area contributed by atoms with E-state index >= 15 is 0 Å². The van der Waals surface area contributed by atoms with Crippen molar-refractivity contribution >= 4 is 0 Å². The van der Waals surface area contributed by atoms with Crippen LogP contribution in [0.1, 0.15) is 25.0 Å². The number of rotatable bonds is 2. The molecule has 3 nitrogen and oxygen atoms in total. The zero-order valence-electron chi connectivity index (χ0n) is 12.9. The summed E-state index contributed by atoms with van der Waals surface area (Å²) in [6.45, 7) is 6.72. The van der Waals surface area contributed by atoms with Gasteiger partial charge in [-0.25, -0.2) is 4.39 Å². The smallest absolute Gasteiger partial charge is 0.128 e. The summed E-state index contributed by atoms with van der Waals surface area (Å²) in [5, 5.41) is 8.66. The Hall–Kier alpha value is -1.41. The molecule has 21 heavy (non-hydrogen) atoms. The van der Waals surface area contributed by atoms with Crippen LogP contribution in [-0.4, -0.2) is 53.7 Å². The van der Waals surface area contributed by atoms with Crippen molar-refractivity contribution in [2.45, 2.75) is 32.5 Å². The Morgan fingerprint density at radius 2 is 1.95 bits per heavy atom. The van der Waals surface area contributed by atoms with E-state index in [4.69, 9.17) is 5.11 Å². The first kappa shape index (κ1) is 16.0. The third kappa shape index (κ3) is 4.04. The first-order chi connectivity index (χ1) is 10.0. The molecule has 114 valence electrons. The Labute approximate surface area is 126 Å². The predicted molar refractivity (Wildman–Crippen MR) is 82.3 cm³/mol. The zero-order chi connectivity index (χ0) is 15.4. The summed E-state index contributed by atoms with van der Waals surface area (Å²) in [5.74, 6) is 5.03. The molecule has 1 saturated heterocycles. The van der Waals surface area contributed by atoms with Crippen LogP contribution in [0.5, 0.6) is 0 Å². The molecule has 1 aromatic rings. The summed E-state index contributed by atoms with van der Waals surface area (Å²) in [5.41, 5.74) is 1.30. The van der Waals surface area contributed by atoms with E-state index in [0.717, 1.165) is 13.1 Å². The molecule has 4 heteroatoms. The quantitative estimate of drug-likeness (QED) is 0.840. The Bertz CT molecular complexity index is 537. The van der Waals surface area contributed by atoms with E-state index < -0.39 is 0 Å². The molecule has 1 aliphatic heterocycles. The van der Waals surface area contributed by atoms with Gasteiger partial charge >= 0.3 is 0 Å². The van der Waals surface area contributed by atoms with Gasteiger partial charge in [0.1, 0.15) is 12.4 Å². The molecule has 2 atom stereocenters. The van der Waals surface area contributed by atoms with Gasteiger partial charge in [0.25, 0.3) is 0 Å². The van der Waals surface area contributed by atoms with Gasteiger partial charge in [0.15, 0.2) is 0 Å². The van der Waals surface area contributed by atoms with Crippen molar-refractivity contribution in [3.05, 3.63) is 35.1 Å². The van der Waals surface area contributed by atoms with Gasteiger partial charge in [0, 0.05) is 42.8 Å². The number of likely N-dealkylation sites (N-methyl/N-ethyl adjacent to an activating group) is 1. The molecule has 1 N–H and O–H groups in total. The highest BCUT2D eigenvalue weighted by Crippen LogP contribution is 2.18. The van der Waals surface area contributed by atoms with E-state index in [2.05, 4.69) is 42.5 Å². The monoisotopic (exact) mass is 290 g/mol. The summed E-state index contributed by atoms with van der Waals surface area (Å²) in [7, 11) is 2.14. The summed E-state index contributed by atoms with van der Waals surface area (Å²) >= 11 is 0. The molecular weight excluding hydrogens is 267 g/mol. The maximum atomic E-state index is 14.1. The second kappa shape index (κ2) is 7.04. The molecule has 0 spiro atoms. The SMILES string of the molecule is CC1CN(Cc2ccc(C#CCO)cc2F)CC(C)N1C. The minimum absolute atomic E-state index is 0.208. The number of hydrogen-bond donors (Lipinski definition) is 1. The van der Waals surface area contributed by atoms with Gasteiger partial charge in [0.2, 0.25) is 0 Å². The van der Waals surface area contributed by atoms with Crippen molar-refractivity contribution in [1.29, 1.82) is 0 Å². The molecule has 0 amide bonds. The van der Waals surface area contributed by atoms with Crippen molar-refractivity contribution < 1.29 is 9.50 Å². The topological polar surface area (TPSA) is 26.7 Å². The van der Waals surface area contributed by atoms with Crippen molar-refractivity contribution in [3.8, 4) is 11.8 Å². The highest BCUT2D eigenvalue weighted by Gasteiger charge is 2.26. The van der Waals surface area contributed by atoms with E-state index in [0.29, 0.717) is 29.8 Å². The predicted octanol–water partition coefficient (Wildman–Crippen LogP) is 1.69. The molecule has 0 aromatic heterocycles. The largest absolute Gasteiger partial charge is 0.384 e. The van der Waals surface area contributed by atoms with Crippen LogP contribution < -0.4 is 0 Å². The van der Waals surface area contributed by atoms with Crippen LogP contribution in [0.15, 0.2) is 18.2 Å². The van der Waals surface area contributed by atoms with Crippen LogP contribution in [0.2, 0.25) is 0 Å². The van der Waals surface area contributed by atoms with Crippen LogP contribution in [0, 0.1) is 17.7 Å². The molecule has 0 saturated carbocycles. The highest BCUT2D eigenvalue weighted by molar-refractivity contribution is 5.37. The lowest BCUT2D eigenvalue weighted by Crippen LogP contribution is -2.54. The van der Waals surface area contributed by atoms with Gasteiger partial charge in [-0.05, 0) is 33.0 Å². The second-order valence-corrected chi connectivity index (χ2v) is 5.82. The Morgan fingerprint density at radius 3 is 2.52 bits per heavy atom. The maximum Gasteiger partial charge on any atom is 0.128 e. The van der Waals surface area contributed by atoms with Gasteiger partial charge in [-0.1, -0.05) is 17.9 Å². The number of benzene rings is 1. The van der Waals surface area contributed by atoms with E-state index in [1.807, 2.05) is 6.07 Å². The first-order valence-corrected chi connectivity index (χ1v) is 7.33. The molecule has 1 aliphatic rings. The summed E-state index contributed by atoms with van der Waals surface area (Å²) < 4.78 is 14.1. The third-order valence-electron chi connectivity index (χ3n) is 4.19. The van der Waals surface area contributed by atoms with E-state index in [1.165, 1.54) is 6.07 Å². The fourth-order valence-corrected chi connectivity index (χ4v) is 2.78. The average Bonchev–Trinajstić information content (AvgIpc) is 2.45. The van der Waals surface area contributed by atoms with Gasteiger partial charge in [-0.2, -0.15) is 0 Å². The second-order valence-electron chi connectivity index (χ2n) is 5.82. The minimum atomic E-state index is -0.223. The number of nitrogens with zero attached hydrogens (tertiary/aromatic N) is 2. The van der Waals surface area contributed by atoms with Crippen LogP contribution in [0.25, 0.3) is 0 Å². The van der Waals surface area contributed by atoms with Gasteiger partial charge < -0.3 is 5.11 Å². The summed E-state index contributed by atoms with van der Waals surface area (Å²) in [6.07, 6.45) is 0. The fraction of sp³-hybridized carbons (Fsp3) is 0.529. The fourth-order valence-electron chi connectivity index (χ4n) is 2.78. The van der Waals surface area contributed by atoms with E-state index in [9.17, 15) is 4.39 Å². The van der Waals surface area contributed by atoms with E-state index in [1.54, 1.807) is 6.07 Å². The molecule has 1 fully saturated rings. The van der Waals surface area contributed by atoms with Crippen LogP contribution in [0.3, 0.4) is 0 Å². The Balaban J connectivity index is 2.06. The van der Waals surface area contributed by atoms with E-state index in [-0.39, 0.29) is 12.4 Å². The van der Waals surface area contributed by atoms with Crippen molar-refractivity contribution in [2.24, 2.45) is 0 Å². The normalized spacial score (nSPS) is 23.7. The molecule has 0 bridgehead atoms. The third-order valence-corrected chi connectivity index (χ3v) is 4.19. The molecule has 2 unspecified atom stereocenters. The molecule has 0 radical (unpaired) electrons. The lowest BCUT2D eigenvalue weighted by Gasteiger charge is -2.42. The first-order valence-electron chi connectivity index (χ1n) is 7.33. The van der Waals surface area contributed by atoms with Crippen molar-refractivity contribution in [1.82, 2.24) is 9.80 Å². The van der Waals surface area contributed by atoms with Crippen molar-refractivity contribution in [2.75, 3.05) is 26.7 Å². The average molecular weight is 290 g/mol. The van der Waals surface area contributed by atoms with Gasteiger partial charge in [-0.15, -0.1) is 0 Å². The van der Waals surface area contributed by atoms with Crippen LogP contribution >= 0.6 is 0 Å². The number of aliphatic hydroxyl groups excluding tert-OH is 1. The number of aliphatic hydroxyl groups is 1. The molecular formula is C17H23FN2O. The molecule has 1 heterocycles. The Morgan fingerprint density at radius 1 is 1.29 bits per heavy atom. The molecule has 2 rings (SSSR count). The lowest BCUT2D eigenvalue weighted by atomic mass is 10.1. The maximum absolute atomic E-state index is 14.1. The summed E-state index contributed by atoms with van der Waals surface area (Å²) in [4.78, 5) is 4.66. The number of piperazine rings is 1. The van der Waals surface area contributed by atoms with Gasteiger partial charge in [0.05, 0.1) is 0 Å². The molecule has 0 aliphatic carbocycles. The van der Waals surface area contributed by atoms with Crippen LogP contribution in [0.4, 0.5) is 4.39 Å². The zero-order valence-corrected chi connectivity index (χ0v) is 12.9. The lowest BCUT2D eigenvalue weighted by molar-refractivity contribution is 0.0550. The highest BCUT2D eigenvalue weighted by atomic mass is 19.1. The summed E-state index contributed by atoms with van der Waals surface area (Å²) in [6, 6.07) is 6.01. The van der Waals surface area contributed by atoms with Crippen molar-refractivity contribution in [3.63, 3.8) is 0 Å². The Kier molecular flexibility index (Phi) is 5.35. The molecule has 1 aromatic carbocycles. The van der Waals surface area contributed by atoms with Gasteiger partial charge in [-0.3, -0.25) is 9.80 Å². The van der Waals surface area contributed by atoms with Crippen LogP contribution in [-0.2, 0) is 6.54 Å². The minimum Gasteiger partial charge on any atom is -0.384 e. The number of halogens is 1. The standard InChI is InChI=1S/C17H23FN2O/c1-13-10-20(11-14(2)19(13)3)12-16-7-6-15(5-4-8-21)9-17(16)18/h6-7,9,13-14,21H,8,10-12H2,1-3H3. The number of hydrogen-bond acceptors (Lipinski definition) is 3.